The summed E-state index contributed by atoms with van der Waals surface area (Å²) in [5.74, 6) is 3.06. The number of carbonyl (C=O) groups excluding carboxylic acids is 2. The van der Waals surface area contributed by atoms with E-state index in [0.29, 0.717) is 17.6 Å². The van der Waals surface area contributed by atoms with Gasteiger partial charge < -0.3 is 9.47 Å². The summed E-state index contributed by atoms with van der Waals surface area (Å²) in [6.07, 6.45) is 9.94. The summed E-state index contributed by atoms with van der Waals surface area (Å²) >= 11 is 0. The fourth-order valence-corrected chi connectivity index (χ4v) is 6.49. The van der Waals surface area contributed by atoms with Gasteiger partial charge in [-0.25, -0.2) is 4.79 Å². The Balaban J connectivity index is 1.54. The number of hydrogen-bond acceptors (Lipinski definition) is 4. The van der Waals surface area contributed by atoms with E-state index in [2.05, 4.69) is 6.92 Å². The molecule has 0 heterocycles. The van der Waals surface area contributed by atoms with Gasteiger partial charge in [0, 0.05) is 11.8 Å². The second kappa shape index (κ2) is 5.89. The lowest BCUT2D eigenvalue weighted by atomic mass is 9.52. The maximum absolute atomic E-state index is 11.7. The second-order valence-electron chi connectivity index (χ2n) is 8.49. The molecular weight excluding hydrogens is 304 g/mol. The van der Waals surface area contributed by atoms with E-state index in [9.17, 15) is 9.59 Å². The topological polar surface area (TPSA) is 52.6 Å². The smallest absolute Gasteiger partial charge is 0.438 e. The molecule has 6 atom stereocenters. The van der Waals surface area contributed by atoms with Crippen LogP contribution in [0.15, 0.2) is 11.6 Å². The summed E-state index contributed by atoms with van der Waals surface area (Å²) in [5.41, 5.74) is 1.53. The Kier molecular flexibility index (Phi) is 3.97. The Morgan fingerprint density at radius 1 is 1.12 bits per heavy atom. The average Bonchev–Trinajstić information content (AvgIpc) is 2.90. The molecule has 3 fully saturated rings. The lowest BCUT2D eigenvalue weighted by molar-refractivity contribution is -0.116. The number of allylic oxidation sites excluding steroid dienone is 1. The third-order valence-corrected chi connectivity index (χ3v) is 7.62. The molecule has 0 aromatic heterocycles. The predicted octanol–water partition coefficient (Wildman–Crippen LogP) is 4.28. The number of ether oxygens (including phenoxy) is 2. The van der Waals surface area contributed by atoms with Crippen LogP contribution in [0.25, 0.3) is 0 Å². The van der Waals surface area contributed by atoms with E-state index in [-0.39, 0.29) is 11.5 Å². The number of fused-ring (bicyclic) bond motifs is 5. The first kappa shape index (κ1) is 16.2. The van der Waals surface area contributed by atoms with Crippen LogP contribution >= 0.6 is 0 Å². The van der Waals surface area contributed by atoms with Crippen molar-refractivity contribution in [1.82, 2.24) is 0 Å². The minimum atomic E-state index is -0.538. The van der Waals surface area contributed by atoms with E-state index in [1.807, 2.05) is 6.08 Å². The minimum Gasteiger partial charge on any atom is -0.438 e. The van der Waals surface area contributed by atoms with E-state index in [1.54, 1.807) is 0 Å². The fraction of sp³-hybridized carbons (Fsp3) is 0.800. The van der Waals surface area contributed by atoms with Crippen LogP contribution in [0.3, 0.4) is 0 Å². The van der Waals surface area contributed by atoms with Gasteiger partial charge in [0.2, 0.25) is 0 Å². The Hall–Kier alpha value is -1.32. The van der Waals surface area contributed by atoms with Crippen molar-refractivity contribution in [2.75, 3.05) is 7.11 Å². The Morgan fingerprint density at radius 2 is 1.96 bits per heavy atom. The van der Waals surface area contributed by atoms with Gasteiger partial charge in [0.25, 0.3) is 0 Å². The SMILES string of the molecule is COC(=O)O[C@H]1CC[C@H]2[C@@H]3CCC4=CC(=O)CC[C@@H]4[C@H]3CC[C@]12C. The van der Waals surface area contributed by atoms with Gasteiger partial charge in [-0.1, -0.05) is 12.5 Å². The summed E-state index contributed by atoms with van der Waals surface area (Å²) in [7, 11) is 1.38. The van der Waals surface area contributed by atoms with Crippen LogP contribution in [-0.4, -0.2) is 25.2 Å². The lowest BCUT2D eigenvalue weighted by Gasteiger charge is -2.53. The van der Waals surface area contributed by atoms with Crippen molar-refractivity contribution < 1.29 is 19.1 Å². The molecular formula is C20H28O4. The van der Waals surface area contributed by atoms with Gasteiger partial charge in [0.15, 0.2) is 5.78 Å². The first-order valence-corrected chi connectivity index (χ1v) is 9.51. The third kappa shape index (κ3) is 2.41. The third-order valence-electron chi connectivity index (χ3n) is 7.62. The molecule has 3 saturated carbocycles. The molecule has 4 heteroatoms. The van der Waals surface area contributed by atoms with Crippen LogP contribution < -0.4 is 0 Å². The summed E-state index contributed by atoms with van der Waals surface area (Å²) < 4.78 is 10.3. The molecule has 0 radical (unpaired) electrons. The first-order valence-electron chi connectivity index (χ1n) is 9.51. The number of hydrogen-bond donors (Lipinski definition) is 0. The Bertz CT molecular complexity index is 580. The van der Waals surface area contributed by atoms with Crippen molar-refractivity contribution in [3.05, 3.63) is 11.6 Å². The van der Waals surface area contributed by atoms with Gasteiger partial charge in [-0.15, -0.1) is 0 Å². The van der Waals surface area contributed by atoms with E-state index in [1.165, 1.54) is 25.5 Å². The molecule has 0 aliphatic heterocycles. The lowest BCUT2D eigenvalue weighted by Crippen LogP contribution is -2.48. The molecule has 0 bridgehead atoms. The number of ketones is 1. The van der Waals surface area contributed by atoms with Gasteiger partial charge in [0.05, 0.1) is 7.11 Å². The molecule has 0 spiro atoms. The first-order chi connectivity index (χ1) is 11.5. The summed E-state index contributed by atoms with van der Waals surface area (Å²) in [6, 6.07) is 0. The van der Waals surface area contributed by atoms with Crippen molar-refractivity contribution in [2.24, 2.45) is 29.1 Å². The monoisotopic (exact) mass is 332 g/mol. The maximum Gasteiger partial charge on any atom is 0.508 e. The summed E-state index contributed by atoms with van der Waals surface area (Å²) in [4.78, 5) is 23.4. The number of carbonyl (C=O) groups is 2. The average molecular weight is 332 g/mol. The minimum absolute atomic E-state index is 0.000715. The normalized spacial score (nSPS) is 44.0. The number of rotatable bonds is 1. The molecule has 0 N–H and O–H groups in total. The van der Waals surface area contributed by atoms with Crippen LogP contribution in [0, 0.1) is 29.1 Å². The van der Waals surface area contributed by atoms with E-state index >= 15 is 0 Å². The second-order valence-corrected chi connectivity index (χ2v) is 8.49. The molecule has 0 amide bonds. The van der Waals surface area contributed by atoms with Gasteiger partial charge in [0.1, 0.15) is 6.10 Å². The molecule has 4 nitrogen and oxygen atoms in total. The highest BCUT2D eigenvalue weighted by Gasteiger charge is 2.57. The van der Waals surface area contributed by atoms with Crippen LogP contribution in [0.5, 0.6) is 0 Å². The predicted molar refractivity (Wildman–Crippen MR) is 89.4 cm³/mol. The summed E-state index contributed by atoms with van der Waals surface area (Å²) in [6.45, 7) is 2.32. The molecule has 4 rings (SSSR count). The fourth-order valence-electron chi connectivity index (χ4n) is 6.49. The standard InChI is InChI=1S/C20H28O4/c1-20-10-9-15-14-6-4-13(21)11-12(14)3-5-16(15)17(20)7-8-18(20)24-19(22)23-2/h11,14-18H,3-10H2,1-2H3/t14-,15+,16+,17-,18-,20-/m0/s1. The van der Waals surface area contributed by atoms with E-state index in [0.717, 1.165) is 50.4 Å². The molecule has 0 aromatic rings. The molecule has 24 heavy (non-hydrogen) atoms. The highest BCUT2D eigenvalue weighted by molar-refractivity contribution is 5.91. The zero-order valence-corrected chi connectivity index (χ0v) is 14.8. The van der Waals surface area contributed by atoms with Crippen LogP contribution in [0.2, 0.25) is 0 Å². The van der Waals surface area contributed by atoms with Crippen molar-refractivity contribution in [2.45, 2.75) is 64.4 Å². The zero-order valence-electron chi connectivity index (χ0n) is 14.8. The van der Waals surface area contributed by atoms with E-state index in [4.69, 9.17) is 9.47 Å². The molecule has 0 unspecified atom stereocenters. The molecule has 0 saturated heterocycles. The molecule has 4 aliphatic rings. The largest absolute Gasteiger partial charge is 0.508 e. The van der Waals surface area contributed by atoms with Crippen LogP contribution in [0.1, 0.15) is 58.3 Å². The van der Waals surface area contributed by atoms with Gasteiger partial charge in [-0.05, 0) is 74.7 Å². The highest BCUT2D eigenvalue weighted by Crippen LogP contribution is 2.62. The zero-order chi connectivity index (χ0) is 16.9. The quantitative estimate of drug-likeness (QED) is 0.673. The molecule has 0 aromatic carbocycles. The number of methoxy groups -OCH3 is 1. The molecule has 132 valence electrons. The van der Waals surface area contributed by atoms with Gasteiger partial charge in [-0.3, -0.25) is 4.79 Å². The van der Waals surface area contributed by atoms with Crippen molar-refractivity contribution >= 4 is 11.9 Å². The van der Waals surface area contributed by atoms with Gasteiger partial charge in [-0.2, -0.15) is 0 Å². The Labute approximate surface area is 144 Å². The van der Waals surface area contributed by atoms with Gasteiger partial charge >= 0.3 is 6.16 Å². The van der Waals surface area contributed by atoms with E-state index < -0.39 is 6.16 Å². The summed E-state index contributed by atoms with van der Waals surface area (Å²) in [5, 5.41) is 0. The van der Waals surface area contributed by atoms with Crippen molar-refractivity contribution in [3.63, 3.8) is 0 Å². The van der Waals surface area contributed by atoms with Crippen LogP contribution in [0.4, 0.5) is 4.79 Å². The molecule has 4 aliphatic carbocycles. The van der Waals surface area contributed by atoms with Crippen molar-refractivity contribution in [3.8, 4) is 0 Å². The Morgan fingerprint density at radius 3 is 2.75 bits per heavy atom. The maximum atomic E-state index is 11.7. The van der Waals surface area contributed by atoms with Crippen LogP contribution in [-0.2, 0) is 14.3 Å². The highest BCUT2D eigenvalue weighted by atomic mass is 16.7. The van der Waals surface area contributed by atoms with Crippen molar-refractivity contribution in [1.29, 1.82) is 0 Å².